The van der Waals surface area contributed by atoms with Gasteiger partial charge >= 0.3 is 11.9 Å². The summed E-state index contributed by atoms with van der Waals surface area (Å²) in [5.41, 5.74) is -2.46. The van der Waals surface area contributed by atoms with Gasteiger partial charge in [-0.1, -0.05) is 13.5 Å². The minimum absolute atomic E-state index is 0.156. The maximum absolute atomic E-state index is 12.6. The van der Waals surface area contributed by atoms with Gasteiger partial charge in [0, 0.05) is 24.3 Å². The fourth-order valence-corrected chi connectivity index (χ4v) is 4.39. The van der Waals surface area contributed by atoms with Crippen molar-refractivity contribution in [1.82, 2.24) is 0 Å². The van der Waals surface area contributed by atoms with Crippen LogP contribution in [0.3, 0.4) is 0 Å². The molecule has 3 rings (SSSR count). The van der Waals surface area contributed by atoms with Gasteiger partial charge in [-0.2, -0.15) is 0 Å². The lowest BCUT2D eigenvalue weighted by atomic mass is 9.67. The summed E-state index contributed by atoms with van der Waals surface area (Å²) in [6, 6.07) is 0. The highest BCUT2D eigenvalue weighted by Gasteiger charge is 2.70. The van der Waals surface area contributed by atoms with Crippen LogP contribution in [-0.4, -0.2) is 40.6 Å². The average Bonchev–Trinajstić information content (AvgIpc) is 2.91. The predicted octanol–water partition coefficient (Wildman–Crippen LogP) is 1.30. The third-order valence-corrected chi connectivity index (χ3v) is 5.92. The van der Waals surface area contributed by atoms with E-state index >= 15 is 0 Å². The standard InChI is InChI=1S/C17H22O6/c1-4-13(19)22-12-6-5-10-9(2)15(20)23-14(10)16(3)11(18)7-8-17(12,16)21/h10,12,14,21H,2,4-8H2,1,3H3/t10-,12-,14+,16-,17+/m0/s1. The second kappa shape index (κ2) is 5.16. The van der Waals surface area contributed by atoms with Gasteiger partial charge in [0.25, 0.3) is 0 Å². The van der Waals surface area contributed by atoms with Crippen molar-refractivity contribution >= 4 is 17.7 Å². The Labute approximate surface area is 134 Å². The molecule has 2 aliphatic carbocycles. The zero-order valence-electron chi connectivity index (χ0n) is 13.5. The molecule has 2 saturated carbocycles. The predicted molar refractivity (Wildman–Crippen MR) is 79.2 cm³/mol. The van der Waals surface area contributed by atoms with Crippen molar-refractivity contribution in [2.45, 2.75) is 63.8 Å². The number of carbonyl (C=O) groups excluding carboxylic acids is 3. The molecule has 1 heterocycles. The van der Waals surface area contributed by atoms with Gasteiger partial charge in [0.05, 0.1) is 5.41 Å². The van der Waals surface area contributed by atoms with Crippen LogP contribution in [0, 0.1) is 11.3 Å². The molecule has 0 aromatic heterocycles. The number of ether oxygens (including phenoxy) is 2. The Bertz CT molecular complexity index is 596. The summed E-state index contributed by atoms with van der Waals surface area (Å²) in [6.45, 7) is 7.09. The lowest BCUT2D eigenvalue weighted by molar-refractivity contribution is -0.196. The van der Waals surface area contributed by atoms with E-state index < -0.39 is 35.2 Å². The van der Waals surface area contributed by atoms with Crippen LogP contribution in [0.5, 0.6) is 0 Å². The largest absolute Gasteiger partial charge is 0.459 e. The molecule has 6 heteroatoms. The molecule has 0 aromatic rings. The third-order valence-electron chi connectivity index (χ3n) is 5.92. The number of ketones is 1. The van der Waals surface area contributed by atoms with E-state index in [0.717, 1.165) is 0 Å². The fraction of sp³-hybridized carbons (Fsp3) is 0.706. The summed E-state index contributed by atoms with van der Waals surface area (Å²) in [5, 5.41) is 11.3. The summed E-state index contributed by atoms with van der Waals surface area (Å²) in [6.07, 6.45) is -0.0654. The number of hydrogen-bond donors (Lipinski definition) is 1. The number of hydrogen-bond acceptors (Lipinski definition) is 6. The number of esters is 2. The van der Waals surface area contributed by atoms with Crippen LogP contribution in [-0.2, 0) is 23.9 Å². The number of rotatable bonds is 2. The van der Waals surface area contributed by atoms with Crippen LogP contribution < -0.4 is 0 Å². The van der Waals surface area contributed by atoms with Crippen molar-refractivity contribution in [3.05, 3.63) is 12.2 Å². The molecule has 1 N–H and O–H groups in total. The first-order valence-corrected chi connectivity index (χ1v) is 8.10. The normalized spacial score (nSPS) is 42.7. The van der Waals surface area contributed by atoms with E-state index in [4.69, 9.17) is 9.47 Å². The van der Waals surface area contributed by atoms with Crippen LogP contribution in [0.2, 0.25) is 0 Å². The summed E-state index contributed by atoms with van der Waals surface area (Å²) >= 11 is 0. The third kappa shape index (κ3) is 2.00. The summed E-state index contributed by atoms with van der Waals surface area (Å²) in [7, 11) is 0. The number of fused-ring (bicyclic) bond motifs is 3. The molecular formula is C17H22O6. The molecule has 0 radical (unpaired) electrons. The van der Waals surface area contributed by atoms with Gasteiger partial charge in [0.2, 0.25) is 0 Å². The zero-order valence-corrected chi connectivity index (χ0v) is 13.5. The molecular weight excluding hydrogens is 300 g/mol. The van der Waals surface area contributed by atoms with Crippen molar-refractivity contribution in [1.29, 1.82) is 0 Å². The summed E-state index contributed by atoms with van der Waals surface area (Å²) in [4.78, 5) is 36.3. The maximum atomic E-state index is 12.6. The van der Waals surface area contributed by atoms with E-state index in [0.29, 0.717) is 18.4 Å². The second-order valence-corrected chi connectivity index (χ2v) is 6.92. The SMILES string of the molecule is C=C1C(=O)O[C@@H]2[C@H]1CC[C@H](OC(=O)CC)[C@]1(O)CCC(=O)[C@@]21C. The smallest absolute Gasteiger partial charge is 0.334 e. The lowest BCUT2D eigenvalue weighted by Gasteiger charge is -2.43. The van der Waals surface area contributed by atoms with Gasteiger partial charge in [-0.15, -0.1) is 0 Å². The van der Waals surface area contributed by atoms with Crippen molar-refractivity contribution in [2.24, 2.45) is 11.3 Å². The number of aliphatic hydroxyl groups is 1. The molecule has 0 aromatic carbocycles. The molecule has 0 spiro atoms. The Morgan fingerprint density at radius 3 is 2.78 bits per heavy atom. The molecule has 1 aliphatic heterocycles. The molecule has 5 atom stereocenters. The quantitative estimate of drug-likeness (QED) is 0.609. The molecule has 0 unspecified atom stereocenters. The molecule has 126 valence electrons. The zero-order chi connectivity index (χ0) is 17.0. The Morgan fingerprint density at radius 2 is 2.13 bits per heavy atom. The number of carbonyl (C=O) groups is 3. The van der Waals surface area contributed by atoms with Gasteiger partial charge in [0.1, 0.15) is 23.6 Å². The van der Waals surface area contributed by atoms with Crippen LogP contribution in [0.15, 0.2) is 12.2 Å². The van der Waals surface area contributed by atoms with Crippen LogP contribution >= 0.6 is 0 Å². The molecule has 3 fully saturated rings. The number of Topliss-reactive ketones (excluding diaryl/α,β-unsaturated/α-hetero) is 1. The Hall–Kier alpha value is -1.69. The van der Waals surface area contributed by atoms with E-state index in [1.807, 2.05) is 0 Å². The van der Waals surface area contributed by atoms with Crippen molar-refractivity contribution < 1.29 is 29.0 Å². The van der Waals surface area contributed by atoms with E-state index in [9.17, 15) is 19.5 Å². The molecule has 0 amide bonds. The van der Waals surface area contributed by atoms with Gasteiger partial charge in [-0.25, -0.2) is 4.79 Å². The monoisotopic (exact) mass is 322 g/mol. The average molecular weight is 322 g/mol. The minimum atomic E-state index is -1.51. The highest BCUT2D eigenvalue weighted by molar-refractivity contribution is 5.95. The van der Waals surface area contributed by atoms with E-state index in [1.165, 1.54) is 0 Å². The highest BCUT2D eigenvalue weighted by Crippen LogP contribution is 2.57. The summed E-state index contributed by atoms with van der Waals surface area (Å²) < 4.78 is 10.9. The lowest BCUT2D eigenvalue weighted by Crippen LogP contribution is -2.59. The molecule has 1 saturated heterocycles. The topological polar surface area (TPSA) is 89.9 Å². The van der Waals surface area contributed by atoms with Gasteiger partial charge in [-0.05, 0) is 26.2 Å². The van der Waals surface area contributed by atoms with Crippen molar-refractivity contribution in [2.75, 3.05) is 0 Å². The van der Waals surface area contributed by atoms with E-state index in [2.05, 4.69) is 6.58 Å². The van der Waals surface area contributed by atoms with Crippen molar-refractivity contribution in [3.63, 3.8) is 0 Å². The van der Waals surface area contributed by atoms with Crippen LogP contribution in [0.25, 0.3) is 0 Å². The van der Waals surface area contributed by atoms with Gasteiger partial charge in [0.15, 0.2) is 0 Å². The Morgan fingerprint density at radius 1 is 1.43 bits per heavy atom. The minimum Gasteiger partial charge on any atom is -0.459 e. The first-order chi connectivity index (χ1) is 10.8. The van der Waals surface area contributed by atoms with E-state index in [1.54, 1.807) is 13.8 Å². The second-order valence-electron chi connectivity index (χ2n) is 6.92. The molecule has 23 heavy (non-hydrogen) atoms. The Kier molecular flexibility index (Phi) is 3.63. The highest BCUT2D eigenvalue weighted by atomic mass is 16.6. The van der Waals surface area contributed by atoms with Crippen LogP contribution in [0.1, 0.15) is 46.0 Å². The van der Waals surface area contributed by atoms with Gasteiger partial charge < -0.3 is 14.6 Å². The first-order valence-electron chi connectivity index (χ1n) is 8.10. The van der Waals surface area contributed by atoms with Crippen molar-refractivity contribution in [3.8, 4) is 0 Å². The van der Waals surface area contributed by atoms with Gasteiger partial charge in [-0.3, -0.25) is 9.59 Å². The summed E-state index contributed by atoms with van der Waals surface area (Å²) in [5.74, 6) is -1.40. The molecule has 6 nitrogen and oxygen atoms in total. The Balaban J connectivity index is 2.05. The maximum Gasteiger partial charge on any atom is 0.334 e. The molecule has 3 aliphatic rings. The van der Waals surface area contributed by atoms with Crippen LogP contribution in [0.4, 0.5) is 0 Å². The van der Waals surface area contributed by atoms with E-state index in [-0.39, 0.29) is 31.0 Å². The first kappa shape index (κ1) is 16.2. The fourth-order valence-electron chi connectivity index (χ4n) is 4.39. The molecule has 0 bridgehead atoms.